The molecule has 1 unspecified atom stereocenters. The maximum atomic E-state index is 13.9. The largest absolute Gasteiger partial charge is 0.384 e. The molecule has 1 aromatic carbocycles. The second kappa shape index (κ2) is 8.20. The van der Waals surface area contributed by atoms with Gasteiger partial charge in [0, 0.05) is 43.2 Å². The topological polar surface area (TPSA) is 48.4 Å². The highest BCUT2D eigenvalue weighted by atomic mass is 19.1. The molecule has 0 spiro atoms. The molecule has 6 heteroatoms. The van der Waals surface area contributed by atoms with E-state index in [4.69, 9.17) is 0 Å². The quantitative estimate of drug-likeness (QED) is 0.831. The highest BCUT2D eigenvalue weighted by Crippen LogP contribution is 2.24. The first kappa shape index (κ1) is 18.9. The molecule has 26 heavy (non-hydrogen) atoms. The average molecular weight is 361 g/mol. The van der Waals surface area contributed by atoms with E-state index in [1.54, 1.807) is 13.1 Å². The Morgan fingerprint density at radius 2 is 2.04 bits per heavy atom. The molecule has 1 fully saturated rings. The standard InChI is InChI=1S/C20H25F2N3O/c1-20(26,18-5-4-16(21)11-19(18)22)14-24-17-6-9-25(10-7-17)13-15-3-2-8-23-12-15/h2-5,8,11-12,17,24,26H,6-7,9-10,13-14H2,1H3. The van der Waals surface area contributed by atoms with Crippen LogP contribution in [0.4, 0.5) is 8.78 Å². The van der Waals surface area contributed by atoms with E-state index in [-0.39, 0.29) is 18.2 Å². The highest BCUT2D eigenvalue weighted by Gasteiger charge is 2.28. The van der Waals surface area contributed by atoms with Crippen molar-refractivity contribution in [2.75, 3.05) is 19.6 Å². The minimum atomic E-state index is -1.38. The number of hydrogen-bond donors (Lipinski definition) is 2. The Morgan fingerprint density at radius 1 is 1.27 bits per heavy atom. The van der Waals surface area contributed by atoms with Crippen molar-refractivity contribution in [1.82, 2.24) is 15.2 Å². The Balaban J connectivity index is 1.48. The lowest BCUT2D eigenvalue weighted by Crippen LogP contribution is -2.46. The molecule has 1 saturated heterocycles. The lowest BCUT2D eigenvalue weighted by molar-refractivity contribution is 0.0463. The van der Waals surface area contributed by atoms with E-state index in [1.165, 1.54) is 17.7 Å². The van der Waals surface area contributed by atoms with E-state index in [9.17, 15) is 13.9 Å². The molecule has 0 saturated carbocycles. The molecule has 140 valence electrons. The van der Waals surface area contributed by atoms with Crippen molar-refractivity contribution in [3.63, 3.8) is 0 Å². The van der Waals surface area contributed by atoms with Crippen LogP contribution in [-0.2, 0) is 12.1 Å². The summed E-state index contributed by atoms with van der Waals surface area (Å²) in [7, 11) is 0. The van der Waals surface area contributed by atoms with Gasteiger partial charge in [0.1, 0.15) is 17.2 Å². The van der Waals surface area contributed by atoms with Gasteiger partial charge in [-0.3, -0.25) is 9.88 Å². The number of nitrogens with zero attached hydrogens (tertiary/aromatic N) is 2. The molecule has 0 radical (unpaired) electrons. The summed E-state index contributed by atoms with van der Waals surface area (Å²) in [4.78, 5) is 6.52. The Kier molecular flexibility index (Phi) is 5.96. The number of halogens is 2. The zero-order valence-corrected chi connectivity index (χ0v) is 15.0. The Bertz CT molecular complexity index is 716. The molecule has 2 heterocycles. The number of aromatic nitrogens is 1. The van der Waals surface area contributed by atoms with Crippen molar-refractivity contribution in [3.8, 4) is 0 Å². The number of likely N-dealkylation sites (tertiary alicyclic amines) is 1. The monoisotopic (exact) mass is 361 g/mol. The van der Waals surface area contributed by atoms with Crippen LogP contribution in [-0.4, -0.2) is 40.7 Å². The van der Waals surface area contributed by atoms with Gasteiger partial charge >= 0.3 is 0 Å². The Hall–Kier alpha value is -1.89. The third kappa shape index (κ3) is 4.84. The number of pyridine rings is 1. The highest BCUT2D eigenvalue weighted by molar-refractivity contribution is 5.24. The summed E-state index contributed by atoms with van der Waals surface area (Å²) in [6, 6.07) is 7.58. The molecule has 0 amide bonds. The van der Waals surface area contributed by atoms with Gasteiger partial charge in [0.2, 0.25) is 0 Å². The number of nitrogens with one attached hydrogen (secondary N) is 1. The molecule has 4 nitrogen and oxygen atoms in total. The maximum Gasteiger partial charge on any atom is 0.132 e. The van der Waals surface area contributed by atoms with E-state index in [1.807, 2.05) is 12.3 Å². The van der Waals surface area contributed by atoms with Gasteiger partial charge in [0.25, 0.3) is 0 Å². The van der Waals surface area contributed by atoms with Gasteiger partial charge in [-0.2, -0.15) is 0 Å². The van der Waals surface area contributed by atoms with E-state index >= 15 is 0 Å². The second-order valence-electron chi connectivity index (χ2n) is 7.19. The van der Waals surface area contributed by atoms with Gasteiger partial charge < -0.3 is 10.4 Å². The molecule has 1 aliphatic heterocycles. The fourth-order valence-electron chi connectivity index (χ4n) is 3.41. The van der Waals surface area contributed by atoms with E-state index in [2.05, 4.69) is 21.3 Å². The summed E-state index contributed by atoms with van der Waals surface area (Å²) in [6.07, 6.45) is 5.58. The minimum Gasteiger partial charge on any atom is -0.384 e. The number of rotatable bonds is 6. The van der Waals surface area contributed by atoms with Crippen molar-refractivity contribution in [1.29, 1.82) is 0 Å². The number of piperidine rings is 1. The SMILES string of the molecule is CC(O)(CNC1CCN(Cc2cccnc2)CC1)c1ccc(F)cc1F. The van der Waals surface area contributed by atoms with Gasteiger partial charge in [0.15, 0.2) is 0 Å². The summed E-state index contributed by atoms with van der Waals surface area (Å²) in [6.45, 7) is 4.58. The summed E-state index contributed by atoms with van der Waals surface area (Å²) < 4.78 is 27.0. The average Bonchev–Trinajstić information content (AvgIpc) is 2.62. The zero-order valence-electron chi connectivity index (χ0n) is 15.0. The van der Waals surface area contributed by atoms with Crippen molar-refractivity contribution >= 4 is 0 Å². The smallest absolute Gasteiger partial charge is 0.132 e. The molecule has 1 aromatic heterocycles. The van der Waals surface area contributed by atoms with Crippen molar-refractivity contribution in [2.24, 2.45) is 0 Å². The van der Waals surface area contributed by atoms with Gasteiger partial charge in [-0.15, -0.1) is 0 Å². The molecular weight excluding hydrogens is 336 g/mol. The van der Waals surface area contributed by atoms with Crippen LogP contribution >= 0.6 is 0 Å². The van der Waals surface area contributed by atoms with Gasteiger partial charge in [0.05, 0.1) is 0 Å². The first-order chi connectivity index (χ1) is 12.4. The van der Waals surface area contributed by atoms with E-state index in [0.29, 0.717) is 0 Å². The van der Waals surface area contributed by atoms with Crippen LogP contribution in [0.3, 0.4) is 0 Å². The fraction of sp³-hybridized carbons (Fsp3) is 0.450. The predicted octanol–water partition coefficient (Wildman–Crippen LogP) is 2.82. The van der Waals surface area contributed by atoms with Crippen LogP contribution in [0.2, 0.25) is 0 Å². The molecule has 0 bridgehead atoms. The summed E-state index contributed by atoms with van der Waals surface area (Å²) >= 11 is 0. The third-order valence-corrected chi connectivity index (χ3v) is 4.96. The van der Waals surface area contributed by atoms with Gasteiger partial charge in [-0.25, -0.2) is 8.78 Å². The molecule has 3 rings (SSSR count). The van der Waals surface area contributed by atoms with Crippen molar-refractivity contribution in [2.45, 2.75) is 38.0 Å². The number of aliphatic hydroxyl groups is 1. The Morgan fingerprint density at radius 3 is 2.69 bits per heavy atom. The van der Waals surface area contributed by atoms with Crippen LogP contribution in [0, 0.1) is 11.6 Å². The predicted molar refractivity (Wildman–Crippen MR) is 96.5 cm³/mol. The second-order valence-corrected chi connectivity index (χ2v) is 7.19. The lowest BCUT2D eigenvalue weighted by atomic mass is 9.94. The first-order valence-electron chi connectivity index (χ1n) is 8.96. The van der Waals surface area contributed by atoms with Crippen LogP contribution in [0.15, 0.2) is 42.7 Å². The molecule has 1 atom stereocenters. The summed E-state index contributed by atoms with van der Waals surface area (Å²) in [5, 5.41) is 13.9. The maximum absolute atomic E-state index is 13.9. The molecular formula is C20H25F2N3O. The van der Waals surface area contributed by atoms with Crippen LogP contribution in [0.5, 0.6) is 0 Å². The Labute approximate surface area is 152 Å². The third-order valence-electron chi connectivity index (χ3n) is 4.96. The number of hydrogen-bond acceptors (Lipinski definition) is 4. The summed E-state index contributed by atoms with van der Waals surface area (Å²) in [5.41, 5.74) is -0.0704. The molecule has 1 aliphatic rings. The molecule has 2 N–H and O–H groups in total. The molecule has 2 aromatic rings. The number of benzene rings is 1. The van der Waals surface area contributed by atoms with Crippen molar-refractivity contribution < 1.29 is 13.9 Å². The zero-order chi connectivity index (χ0) is 18.6. The van der Waals surface area contributed by atoms with Crippen LogP contribution in [0.25, 0.3) is 0 Å². The van der Waals surface area contributed by atoms with Crippen molar-refractivity contribution in [3.05, 3.63) is 65.5 Å². The van der Waals surface area contributed by atoms with E-state index in [0.717, 1.165) is 38.5 Å². The van der Waals surface area contributed by atoms with Crippen LogP contribution in [0.1, 0.15) is 30.9 Å². The minimum absolute atomic E-state index is 0.111. The van der Waals surface area contributed by atoms with Crippen LogP contribution < -0.4 is 5.32 Å². The normalized spacial score (nSPS) is 18.6. The van der Waals surface area contributed by atoms with E-state index < -0.39 is 17.2 Å². The lowest BCUT2D eigenvalue weighted by Gasteiger charge is -2.34. The first-order valence-corrected chi connectivity index (χ1v) is 8.96. The van der Waals surface area contributed by atoms with Gasteiger partial charge in [-0.1, -0.05) is 12.1 Å². The van der Waals surface area contributed by atoms with Gasteiger partial charge in [-0.05, 0) is 50.6 Å². The fourth-order valence-corrected chi connectivity index (χ4v) is 3.41. The molecule has 0 aliphatic carbocycles. The summed E-state index contributed by atoms with van der Waals surface area (Å²) in [5.74, 6) is -1.36.